The van der Waals surface area contributed by atoms with Crippen molar-refractivity contribution in [2.45, 2.75) is 6.54 Å². The first-order valence-corrected chi connectivity index (χ1v) is 8.97. The highest BCUT2D eigenvalue weighted by molar-refractivity contribution is 8.18. The number of hydrogen-bond donors (Lipinski definition) is 0. The molecule has 1 fully saturated rings. The molecule has 0 aliphatic carbocycles. The summed E-state index contributed by atoms with van der Waals surface area (Å²) in [5.74, 6) is -1.58. The number of methoxy groups -OCH3 is 1. The number of ether oxygens (including phenoxy) is 1. The Morgan fingerprint density at radius 1 is 1.22 bits per heavy atom. The van der Waals surface area contributed by atoms with Gasteiger partial charge in [0.2, 0.25) is 0 Å². The topological polar surface area (TPSA) is 63.7 Å². The summed E-state index contributed by atoms with van der Waals surface area (Å²) in [6.45, 7) is -0.241. The Hall–Kier alpha value is -2.64. The monoisotopic (exact) mass is 405 g/mol. The van der Waals surface area contributed by atoms with E-state index in [1.165, 1.54) is 31.4 Å². The number of imide groups is 1. The van der Waals surface area contributed by atoms with Gasteiger partial charge in [0.05, 0.1) is 24.1 Å². The summed E-state index contributed by atoms with van der Waals surface area (Å²) in [6.07, 6.45) is 1.54. The van der Waals surface area contributed by atoms with E-state index >= 15 is 0 Å². The molecule has 138 valence electrons. The molecule has 5 nitrogen and oxygen atoms in total. The molecule has 0 saturated carbocycles. The quantitative estimate of drug-likeness (QED) is 0.553. The molecule has 3 rings (SSSR count). The molecule has 0 spiro atoms. The van der Waals surface area contributed by atoms with E-state index in [9.17, 15) is 18.8 Å². The first-order chi connectivity index (χ1) is 12.9. The predicted octanol–water partition coefficient (Wildman–Crippen LogP) is 4.50. The molecule has 2 amide bonds. The fourth-order valence-corrected chi connectivity index (χ4v) is 3.52. The molecule has 0 bridgehead atoms. The molecule has 0 aromatic heterocycles. The maximum Gasteiger partial charge on any atom is 0.337 e. The molecule has 2 aromatic rings. The van der Waals surface area contributed by atoms with E-state index in [0.717, 1.165) is 16.7 Å². The number of amides is 2. The smallest absolute Gasteiger partial charge is 0.337 e. The molecule has 0 radical (unpaired) electrons. The summed E-state index contributed by atoms with van der Waals surface area (Å²) in [5, 5.41) is -0.354. The normalized spacial score (nSPS) is 15.5. The number of carbonyl (C=O) groups is 3. The fourth-order valence-electron chi connectivity index (χ4n) is 2.46. The van der Waals surface area contributed by atoms with Gasteiger partial charge in [0, 0.05) is 10.6 Å². The first kappa shape index (κ1) is 19.1. The molecule has 1 aliphatic heterocycles. The van der Waals surface area contributed by atoms with E-state index < -0.39 is 22.9 Å². The van der Waals surface area contributed by atoms with Crippen LogP contribution in [0.4, 0.5) is 9.18 Å². The molecule has 8 heteroatoms. The molecular formula is C19H13ClFNO4S. The van der Waals surface area contributed by atoms with Crippen LogP contribution in [0.5, 0.6) is 0 Å². The summed E-state index contributed by atoms with van der Waals surface area (Å²) in [4.78, 5) is 37.3. The summed E-state index contributed by atoms with van der Waals surface area (Å²) in [7, 11) is 1.29. The molecule has 0 atom stereocenters. The minimum atomic E-state index is -0.580. The van der Waals surface area contributed by atoms with E-state index in [1.54, 1.807) is 24.3 Å². The molecule has 1 heterocycles. The van der Waals surface area contributed by atoms with Crippen LogP contribution in [0.25, 0.3) is 6.08 Å². The molecule has 0 N–H and O–H groups in total. The van der Waals surface area contributed by atoms with Gasteiger partial charge in [-0.25, -0.2) is 9.18 Å². The zero-order chi connectivity index (χ0) is 19.6. The SMILES string of the molecule is COC(=O)c1ccc(C=C2SC(=O)N(Cc3c(F)cccc3Cl)C2=O)cc1. The predicted molar refractivity (Wildman–Crippen MR) is 101 cm³/mol. The van der Waals surface area contributed by atoms with Crippen LogP contribution in [0, 0.1) is 5.82 Å². The molecule has 1 aliphatic rings. The minimum absolute atomic E-state index is 0.0881. The Balaban J connectivity index is 1.81. The van der Waals surface area contributed by atoms with Crippen LogP contribution in [0.15, 0.2) is 47.4 Å². The Labute approximate surface area is 163 Å². The van der Waals surface area contributed by atoms with E-state index in [4.69, 9.17) is 11.6 Å². The van der Waals surface area contributed by atoms with Crippen LogP contribution < -0.4 is 0 Å². The number of esters is 1. The van der Waals surface area contributed by atoms with Gasteiger partial charge in [0.25, 0.3) is 11.1 Å². The number of halogens is 2. The lowest BCUT2D eigenvalue weighted by atomic mass is 10.1. The lowest BCUT2D eigenvalue weighted by Gasteiger charge is -2.14. The summed E-state index contributed by atoms with van der Waals surface area (Å²) >= 11 is 6.74. The number of thioether (sulfide) groups is 1. The largest absolute Gasteiger partial charge is 0.465 e. The highest BCUT2D eigenvalue weighted by atomic mass is 35.5. The standard InChI is InChI=1S/C19H13ClFNO4S/c1-26-18(24)12-7-5-11(6-8-12)9-16-17(23)22(19(25)27-16)10-13-14(20)3-2-4-15(13)21/h2-9H,10H2,1H3. The van der Waals surface area contributed by atoms with E-state index in [0.29, 0.717) is 11.1 Å². The number of hydrogen-bond acceptors (Lipinski definition) is 5. The second kappa shape index (κ2) is 7.94. The van der Waals surface area contributed by atoms with E-state index in [1.807, 2.05) is 0 Å². The average molecular weight is 406 g/mol. The van der Waals surface area contributed by atoms with Gasteiger partial charge in [0.1, 0.15) is 5.82 Å². The second-order valence-electron chi connectivity index (χ2n) is 5.58. The molecule has 0 unspecified atom stereocenters. The third-order valence-electron chi connectivity index (χ3n) is 3.88. The Bertz CT molecular complexity index is 938. The van der Waals surface area contributed by atoms with Crippen molar-refractivity contribution in [1.82, 2.24) is 4.90 Å². The minimum Gasteiger partial charge on any atom is -0.465 e. The number of nitrogens with zero attached hydrogens (tertiary/aromatic N) is 1. The highest BCUT2D eigenvalue weighted by Crippen LogP contribution is 2.34. The molecule has 2 aromatic carbocycles. The zero-order valence-corrected chi connectivity index (χ0v) is 15.6. The van der Waals surface area contributed by atoms with Gasteiger partial charge in [-0.15, -0.1) is 0 Å². The third kappa shape index (κ3) is 4.04. The van der Waals surface area contributed by atoms with Crippen LogP contribution in [0.3, 0.4) is 0 Å². The Kier molecular flexibility index (Phi) is 5.62. The van der Waals surface area contributed by atoms with Gasteiger partial charge in [0.15, 0.2) is 0 Å². The third-order valence-corrected chi connectivity index (χ3v) is 5.14. The van der Waals surface area contributed by atoms with Gasteiger partial charge < -0.3 is 4.74 Å². The van der Waals surface area contributed by atoms with Gasteiger partial charge in [-0.05, 0) is 47.7 Å². The lowest BCUT2D eigenvalue weighted by molar-refractivity contribution is -0.123. The van der Waals surface area contributed by atoms with Crippen molar-refractivity contribution in [3.05, 3.63) is 74.9 Å². The second-order valence-corrected chi connectivity index (χ2v) is 6.98. The Morgan fingerprint density at radius 2 is 1.93 bits per heavy atom. The van der Waals surface area contributed by atoms with Crippen molar-refractivity contribution in [3.63, 3.8) is 0 Å². The van der Waals surface area contributed by atoms with Gasteiger partial charge in [-0.1, -0.05) is 29.8 Å². The van der Waals surface area contributed by atoms with Crippen LogP contribution in [0.1, 0.15) is 21.5 Å². The summed E-state index contributed by atoms with van der Waals surface area (Å²) in [5.41, 5.74) is 1.10. The van der Waals surface area contributed by atoms with Crippen LogP contribution in [-0.2, 0) is 16.1 Å². The number of rotatable bonds is 4. The van der Waals surface area contributed by atoms with Crippen LogP contribution in [-0.4, -0.2) is 29.1 Å². The van der Waals surface area contributed by atoms with Gasteiger partial charge in [-0.3, -0.25) is 14.5 Å². The van der Waals surface area contributed by atoms with Gasteiger partial charge >= 0.3 is 5.97 Å². The van der Waals surface area contributed by atoms with Gasteiger partial charge in [-0.2, -0.15) is 0 Å². The van der Waals surface area contributed by atoms with Crippen LogP contribution >= 0.6 is 23.4 Å². The maximum absolute atomic E-state index is 13.9. The maximum atomic E-state index is 13.9. The van der Waals surface area contributed by atoms with Crippen molar-refractivity contribution >= 4 is 46.6 Å². The average Bonchev–Trinajstić information content (AvgIpc) is 2.91. The van der Waals surface area contributed by atoms with Crippen molar-refractivity contribution in [2.24, 2.45) is 0 Å². The number of benzene rings is 2. The first-order valence-electron chi connectivity index (χ1n) is 7.77. The number of carbonyl (C=O) groups excluding carboxylic acids is 3. The summed E-state index contributed by atoms with van der Waals surface area (Å²) in [6, 6.07) is 10.5. The van der Waals surface area contributed by atoms with Crippen molar-refractivity contribution in [1.29, 1.82) is 0 Å². The van der Waals surface area contributed by atoms with Crippen molar-refractivity contribution in [3.8, 4) is 0 Å². The van der Waals surface area contributed by atoms with E-state index in [2.05, 4.69) is 4.74 Å². The summed E-state index contributed by atoms with van der Waals surface area (Å²) < 4.78 is 18.6. The fraction of sp³-hybridized carbons (Fsp3) is 0.105. The zero-order valence-electron chi connectivity index (χ0n) is 14.1. The van der Waals surface area contributed by atoms with E-state index in [-0.39, 0.29) is 22.0 Å². The lowest BCUT2D eigenvalue weighted by Crippen LogP contribution is -2.28. The highest BCUT2D eigenvalue weighted by Gasteiger charge is 2.35. The Morgan fingerprint density at radius 3 is 2.56 bits per heavy atom. The van der Waals surface area contributed by atoms with Crippen molar-refractivity contribution in [2.75, 3.05) is 7.11 Å². The molecule has 27 heavy (non-hydrogen) atoms. The molecular weight excluding hydrogens is 393 g/mol. The molecule has 1 saturated heterocycles. The van der Waals surface area contributed by atoms with Crippen LogP contribution in [0.2, 0.25) is 5.02 Å². The van der Waals surface area contributed by atoms with Crippen molar-refractivity contribution < 1.29 is 23.5 Å².